The SMILES string of the molecule is CC1CN(C(=O)Cc2csc(-c3ccccc3Cl)n2)CCC1C(=O)O. The summed E-state index contributed by atoms with van der Waals surface area (Å²) >= 11 is 7.66. The molecule has 2 aromatic rings. The Morgan fingerprint density at radius 1 is 1.40 bits per heavy atom. The highest BCUT2D eigenvalue weighted by Crippen LogP contribution is 2.30. The fourth-order valence-corrected chi connectivity index (χ4v) is 4.29. The van der Waals surface area contributed by atoms with Crippen LogP contribution < -0.4 is 0 Å². The number of benzene rings is 1. The van der Waals surface area contributed by atoms with Gasteiger partial charge in [0.2, 0.25) is 5.91 Å². The topological polar surface area (TPSA) is 70.5 Å². The first-order valence-corrected chi connectivity index (χ1v) is 9.41. The smallest absolute Gasteiger partial charge is 0.306 e. The fourth-order valence-electron chi connectivity index (χ4n) is 3.15. The minimum Gasteiger partial charge on any atom is -0.481 e. The van der Waals surface area contributed by atoms with Crippen LogP contribution in [-0.4, -0.2) is 40.0 Å². The predicted octanol–water partition coefficient (Wildman–Crippen LogP) is 3.58. The third kappa shape index (κ3) is 4.02. The first kappa shape index (κ1) is 17.9. The first-order chi connectivity index (χ1) is 12.0. The van der Waals surface area contributed by atoms with Crippen LogP contribution in [-0.2, 0) is 16.0 Å². The van der Waals surface area contributed by atoms with Crippen molar-refractivity contribution in [1.82, 2.24) is 9.88 Å². The van der Waals surface area contributed by atoms with E-state index in [1.165, 1.54) is 11.3 Å². The zero-order chi connectivity index (χ0) is 18.0. The van der Waals surface area contributed by atoms with Gasteiger partial charge in [-0.3, -0.25) is 9.59 Å². The van der Waals surface area contributed by atoms with E-state index in [2.05, 4.69) is 4.98 Å². The van der Waals surface area contributed by atoms with Crippen molar-refractivity contribution in [2.45, 2.75) is 19.8 Å². The summed E-state index contributed by atoms with van der Waals surface area (Å²) in [6.07, 6.45) is 0.732. The van der Waals surface area contributed by atoms with Crippen LogP contribution in [0.5, 0.6) is 0 Å². The number of amides is 1. The summed E-state index contributed by atoms with van der Waals surface area (Å²) < 4.78 is 0. The van der Waals surface area contributed by atoms with E-state index in [9.17, 15) is 14.7 Å². The summed E-state index contributed by atoms with van der Waals surface area (Å²) in [6.45, 7) is 2.86. The number of aromatic nitrogens is 1. The van der Waals surface area contributed by atoms with Crippen molar-refractivity contribution in [3.8, 4) is 10.6 Å². The number of carboxylic acids is 1. The number of carbonyl (C=O) groups is 2. The van der Waals surface area contributed by atoms with E-state index in [0.717, 1.165) is 16.3 Å². The molecular formula is C18H19ClN2O3S. The molecule has 2 atom stereocenters. The summed E-state index contributed by atoms with van der Waals surface area (Å²) in [6, 6.07) is 7.50. The molecule has 1 aromatic carbocycles. The molecule has 1 aliphatic heterocycles. The zero-order valence-corrected chi connectivity index (χ0v) is 15.4. The summed E-state index contributed by atoms with van der Waals surface area (Å²) in [5.74, 6) is -1.19. The maximum Gasteiger partial charge on any atom is 0.306 e. The number of hydrogen-bond acceptors (Lipinski definition) is 4. The fraction of sp³-hybridized carbons (Fsp3) is 0.389. The Balaban J connectivity index is 1.65. The molecule has 25 heavy (non-hydrogen) atoms. The van der Waals surface area contributed by atoms with Crippen molar-refractivity contribution >= 4 is 34.8 Å². The van der Waals surface area contributed by atoms with Gasteiger partial charge in [-0.05, 0) is 18.4 Å². The predicted molar refractivity (Wildman–Crippen MR) is 97.8 cm³/mol. The number of carbonyl (C=O) groups excluding carboxylic acids is 1. The van der Waals surface area contributed by atoms with Gasteiger partial charge < -0.3 is 10.0 Å². The van der Waals surface area contributed by atoms with Gasteiger partial charge in [0.25, 0.3) is 0 Å². The molecule has 3 rings (SSSR count). The van der Waals surface area contributed by atoms with E-state index in [1.54, 1.807) is 4.90 Å². The van der Waals surface area contributed by atoms with E-state index in [-0.39, 0.29) is 24.2 Å². The molecule has 0 radical (unpaired) electrons. The summed E-state index contributed by atoms with van der Waals surface area (Å²) in [4.78, 5) is 30.0. The lowest BCUT2D eigenvalue weighted by Gasteiger charge is -2.34. The minimum absolute atomic E-state index is 0.00769. The molecule has 1 aliphatic rings. The highest BCUT2D eigenvalue weighted by molar-refractivity contribution is 7.13. The lowest BCUT2D eigenvalue weighted by atomic mass is 9.87. The van der Waals surface area contributed by atoms with Gasteiger partial charge in [-0.15, -0.1) is 11.3 Å². The molecule has 5 nitrogen and oxygen atoms in total. The van der Waals surface area contributed by atoms with E-state index in [4.69, 9.17) is 11.6 Å². The van der Waals surface area contributed by atoms with Gasteiger partial charge in [0.05, 0.1) is 23.1 Å². The Morgan fingerprint density at radius 2 is 2.16 bits per heavy atom. The van der Waals surface area contributed by atoms with Crippen molar-refractivity contribution in [1.29, 1.82) is 0 Å². The lowest BCUT2D eigenvalue weighted by molar-refractivity contribution is -0.148. The number of likely N-dealkylation sites (tertiary alicyclic amines) is 1. The molecule has 1 saturated heterocycles. The molecular weight excluding hydrogens is 360 g/mol. The second-order valence-corrected chi connectivity index (χ2v) is 7.62. The van der Waals surface area contributed by atoms with E-state index in [1.807, 2.05) is 36.6 Å². The normalized spacial score (nSPS) is 20.5. The van der Waals surface area contributed by atoms with Gasteiger partial charge in [-0.1, -0.05) is 36.7 Å². The number of carboxylic acid groups (broad SMARTS) is 1. The van der Waals surface area contributed by atoms with E-state index >= 15 is 0 Å². The summed E-state index contributed by atoms with van der Waals surface area (Å²) in [5, 5.41) is 12.5. The van der Waals surface area contributed by atoms with Gasteiger partial charge >= 0.3 is 5.97 Å². The number of halogens is 1. The van der Waals surface area contributed by atoms with Gasteiger partial charge in [-0.25, -0.2) is 4.98 Å². The maximum atomic E-state index is 12.5. The molecule has 1 amide bonds. The zero-order valence-electron chi connectivity index (χ0n) is 13.8. The Bertz CT molecular complexity index is 792. The highest BCUT2D eigenvalue weighted by Gasteiger charge is 2.33. The van der Waals surface area contributed by atoms with Crippen molar-refractivity contribution in [3.05, 3.63) is 40.4 Å². The van der Waals surface area contributed by atoms with Crippen LogP contribution in [0.2, 0.25) is 5.02 Å². The molecule has 0 spiro atoms. The molecule has 0 saturated carbocycles. The van der Waals surface area contributed by atoms with Crippen molar-refractivity contribution in [2.24, 2.45) is 11.8 Å². The molecule has 1 N–H and O–H groups in total. The molecule has 1 aromatic heterocycles. The molecule has 1 fully saturated rings. The number of rotatable bonds is 4. The number of thiazole rings is 1. The van der Waals surface area contributed by atoms with Crippen LogP contribution in [0.3, 0.4) is 0 Å². The van der Waals surface area contributed by atoms with Crippen LogP contribution in [0.25, 0.3) is 10.6 Å². The number of nitrogens with zero attached hydrogens (tertiary/aromatic N) is 2. The third-order valence-corrected chi connectivity index (χ3v) is 5.82. The maximum absolute atomic E-state index is 12.5. The molecule has 2 heterocycles. The number of aliphatic carboxylic acids is 1. The van der Waals surface area contributed by atoms with Gasteiger partial charge in [-0.2, -0.15) is 0 Å². The van der Waals surface area contributed by atoms with Gasteiger partial charge in [0.1, 0.15) is 5.01 Å². The minimum atomic E-state index is -0.775. The average molecular weight is 379 g/mol. The van der Waals surface area contributed by atoms with Crippen molar-refractivity contribution in [3.63, 3.8) is 0 Å². The molecule has 0 aliphatic carbocycles. The van der Waals surface area contributed by atoms with Crippen LogP contribution in [0, 0.1) is 11.8 Å². The van der Waals surface area contributed by atoms with Gasteiger partial charge in [0.15, 0.2) is 0 Å². The molecule has 2 unspecified atom stereocenters. The van der Waals surface area contributed by atoms with Crippen LogP contribution in [0.1, 0.15) is 19.0 Å². The molecule has 132 valence electrons. The average Bonchev–Trinajstić information content (AvgIpc) is 3.03. The quantitative estimate of drug-likeness (QED) is 0.882. The second kappa shape index (κ2) is 7.54. The second-order valence-electron chi connectivity index (χ2n) is 6.35. The molecule has 7 heteroatoms. The van der Waals surface area contributed by atoms with Crippen LogP contribution in [0.15, 0.2) is 29.6 Å². The Labute approximate surface area is 155 Å². The van der Waals surface area contributed by atoms with E-state index < -0.39 is 5.97 Å². The number of hydrogen-bond donors (Lipinski definition) is 1. The third-order valence-electron chi connectivity index (χ3n) is 4.56. The summed E-state index contributed by atoms with van der Waals surface area (Å²) in [5.41, 5.74) is 1.58. The van der Waals surface area contributed by atoms with Crippen molar-refractivity contribution in [2.75, 3.05) is 13.1 Å². The lowest BCUT2D eigenvalue weighted by Crippen LogP contribution is -2.45. The van der Waals surface area contributed by atoms with Crippen LogP contribution >= 0.6 is 22.9 Å². The molecule has 0 bridgehead atoms. The number of piperidine rings is 1. The Kier molecular flexibility index (Phi) is 5.39. The van der Waals surface area contributed by atoms with Crippen molar-refractivity contribution < 1.29 is 14.7 Å². The largest absolute Gasteiger partial charge is 0.481 e. The monoisotopic (exact) mass is 378 g/mol. The van der Waals surface area contributed by atoms with E-state index in [0.29, 0.717) is 24.5 Å². The highest BCUT2D eigenvalue weighted by atomic mass is 35.5. The van der Waals surface area contributed by atoms with Crippen LogP contribution in [0.4, 0.5) is 0 Å². The first-order valence-electron chi connectivity index (χ1n) is 8.15. The van der Waals surface area contributed by atoms with Gasteiger partial charge in [0, 0.05) is 24.0 Å². The Morgan fingerprint density at radius 3 is 2.84 bits per heavy atom. The standard InChI is InChI=1S/C18H19ClN2O3S/c1-11-9-21(7-6-13(11)18(23)24)16(22)8-12-10-25-17(20-12)14-4-2-3-5-15(14)19/h2-5,10-11,13H,6-9H2,1H3,(H,23,24). The summed E-state index contributed by atoms with van der Waals surface area (Å²) in [7, 11) is 0. The Hall–Kier alpha value is -1.92.